The largest absolute Gasteiger partial charge is 0.309 e. The van der Waals surface area contributed by atoms with Crippen molar-refractivity contribution in [3.63, 3.8) is 0 Å². The van der Waals surface area contributed by atoms with Crippen LogP contribution in [-0.2, 0) is 5.75 Å². The molecule has 0 aliphatic heterocycles. The van der Waals surface area contributed by atoms with Gasteiger partial charge in [0.15, 0.2) is 0 Å². The molecule has 0 radical (unpaired) electrons. The van der Waals surface area contributed by atoms with Gasteiger partial charge in [-0.05, 0) is 23.6 Å². The highest BCUT2D eigenvalue weighted by molar-refractivity contribution is 7.98. The second-order valence-corrected chi connectivity index (χ2v) is 5.80. The number of rotatable bonds is 3. The number of hydrogen-bond acceptors (Lipinski definition) is 4. The quantitative estimate of drug-likeness (QED) is 0.752. The summed E-state index contributed by atoms with van der Waals surface area (Å²) in [7, 11) is 0. The highest BCUT2D eigenvalue weighted by Gasteiger charge is 2.07. The minimum Gasteiger partial charge on any atom is -0.309 e. The number of aromatic nitrogens is 2. The summed E-state index contributed by atoms with van der Waals surface area (Å²) in [5.41, 5.74) is 0.557. The molecule has 96 valence electrons. The SMILES string of the molecule is O=c1[nH]c(CSc2ccccc2F)nc2ccsc12. The number of H-pyrrole nitrogens is 1. The Bertz CT molecular complexity index is 781. The van der Waals surface area contributed by atoms with E-state index in [1.807, 2.05) is 11.4 Å². The first-order chi connectivity index (χ1) is 9.24. The Kier molecular flexibility index (Phi) is 3.35. The summed E-state index contributed by atoms with van der Waals surface area (Å²) < 4.78 is 14.1. The van der Waals surface area contributed by atoms with Crippen molar-refractivity contribution in [2.45, 2.75) is 10.6 Å². The predicted octanol–water partition coefficient (Wildman–Crippen LogP) is 3.42. The second kappa shape index (κ2) is 5.14. The van der Waals surface area contributed by atoms with E-state index in [1.54, 1.807) is 18.2 Å². The number of aromatic amines is 1. The molecule has 2 aromatic heterocycles. The fourth-order valence-electron chi connectivity index (χ4n) is 1.70. The predicted molar refractivity (Wildman–Crippen MR) is 76.2 cm³/mol. The van der Waals surface area contributed by atoms with Gasteiger partial charge in [-0.3, -0.25) is 4.79 Å². The third-order valence-electron chi connectivity index (χ3n) is 2.56. The van der Waals surface area contributed by atoms with Gasteiger partial charge in [-0.15, -0.1) is 23.1 Å². The minimum atomic E-state index is -0.258. The third kappa shape index (κ3) is 2.54. The first-order valence-corrected chi connectivity index (χ1v) is 7.44. The van der Waals surface area contributed by atoms with E-state index >= 15 is 0 Å². The number of benzene rings is 1. The van der Waals surface area contributed by atoms with Crippen molar-refractivity contribution >= 4 is 33.3 Å². The fourth-order valence-corrected chi connectivity index (χ4v) is 3.23. The van der Waals surface area contributed by atoms with E-state index in [0.717, 1.165) is 0 Å². The number of thioether (sulfide) groups is 1. The van der Waals surface area contributed by atoms with Crippen LogP contribution < -0.4 is 5.56 Å². The summed E-state index contributed by atoms with van der Waals surface area (Å²) in [5.74, 6) is 0.734. The molecular weight excluding hydrogens is 283 g/mol. The molecule has 3 aromatic rings. The van der Waals surface area contributed by atoms with Crippen molar-refractivity contribution in [2.75, 3.05) is 0 Å². The van der Waals surface area contributed by atoms with E-state index in [1.165, 1.54) is 29.2 Å². The molecule has 0 atom stereocenters. The summed E-state index contributed by atoms with van der Waals surface area (Å²) in [6, 6.07) is 8.37. The molecule has 0 saturated heterocycles. The third-order valence-corrected chi connectivity index (χ3v) is 4.53. The Balaban J connectivity index is 1.86. The highest BCUT2D eigenvalue weighted by atomic mass is 32.2. The molecular formula is C13H9FN2OS2. The van der Waals surface area contributed by atoms with E-state index in [0.29, 0.717) is 26.7 Å². The van der Waals surface area contributed by atoms with E-state index in [4.69, 9.17) is 0 Å². The Morgan fingerprint density at radius 1 is 1.32 bits per heavy atom. The molecule has 6 heteroatoms. The molecule has 1 N–H and O–H groups in total. The molecule has 0 fully saturated rings. The van der Waals surface area contributed by atoms with Gasteiger partial charge in [0, 0.05) is 4.90 Å². The molecule has 0 amide bonds. The lowest BCUT2D eigenvalue weighted by atomic mass is 10.3. The molecule has 19 heavy (non-hydrogen) atoms. The average molecular weight is 292 g/mol. The van der Waals surface area contributed by atoms with E-state index < -0.39 is 0 Å². The molecule has 1 aromatic carbocycles. The Labute approximate surface area is 116 Å². The Morgan fingerprint density at radius 2 is 2.16 bits per heavy atom. The zero-order valence-corrected chi connectivity index (χ0v) is 11.4. The van der Waals surface area contributed by atoms with Crippen molar-refractivity contribution in [1.29, 1.82) is 0 Å². The lowest BCUT2D eigenvalue weighted by Crippen LogP contribution is -2.09. The molecule has 0 aliphatic rings. The maximum absolute atomic E-state index is 13.5. The van der Waals surface area contributed by atoms with Gasteiger partial charge in [-0.25, -0.2) is 9.37 Å². The van der Waals surface area contributed by atoms with Crippen molar-refractivity contribution in [3.05, 3.63) is 57.7 Å². The van der Waals surface area contributed by atoms with Crippen LogP contribution in [0, 0.1) is 5.82 Å². The van der Waals surface area contributed by atoms with Gasteiger partial charge in [-0.1, -0.05) is 12.1 Å². The van der Waals surface area contributed by atoms with Gasteiger partial charge in [0.25, 0.3) is 5.56 Å². The maximum Gasteiger partial charge on any atom is 0.268 e. The van der Waals surface area contributed by atoms with Crippen LogP contribution in [0.25, 0.3) is 10.2 Å². The summed E-state index contributed by atoms with van der Waals surface area (Å²) in [5, 5.41) is 1.83. The number of halogens is 1. The molecule has 0 bridgehead atoms. The molecule has 0 saturated carbocycles. The standard InChI is InChI=1S/C13H9FN2OS2/c14-8-3-1-2-4-10(8)19-7-11-15-9-5-6-18-12(9)13(17)16-11/h1-6H,7H2,(H,15,16,17). The lowest BCUT2D eigenvalue weighted by Gasteiger charge is -2.02. The number of thiophene rings is 1. The maximum atomic E-state index is 13.5. The fraction of sp³-hybridized carbons (Fsp3) is 0.0769. The van der Waals surface area contributed by atoms with Gasteiger partial charge >= 0.3 is 0 Å². The lowest BCUT2D eigenvalue weighted by molar-refractivity contribution is 0.602. The van der Waals surface area contributed by atoms with Gasteiger partial charge < -0.3 is 4.98 Å². The van der Waals surface area contributed by atoms with Crippen LogP contribution in [0.3, 0.4) is 0 Å². The normalized spacial score (nSPS) is 11.0. The van der Waals surface area contributed by atoms with Crippen LogP contribution in [0.15, 0.2) is 45.4 Å². The number of nitrogens with one attached hydrogen (secondary N) is 1. The minimum absolute atomic E-state index is 0.135. The summed E-state index contributed by atoms with van der Waals surface area (Å²) >= 11 is 2.68. The smallest absolute Gasteiger partial charge is 0.268 e. The molecule has 0 unspecified atom stereocenters. The van der Waals surface area contributed by atoms with Crippen LogP contribution in [0.4, 0.5) is 4.39 Å². The molecule has 2 heterocycles. The van der Waals surface area contributed by atoms with Crippen LogP contribution >= 0.6 is 23.1 Å². The van der Waals surface area contributed by atoms with Crippen LogP contribution in [-0.4, -0.2) is 9.97 Å². The summed E-state index contributed by atoms with van der Waals surface area (Å²) in [6.45, 7) is 0. The summed E-state index contributed by atoms with van der Waals surface area (Å²) in [4.78, 5) is 19.4. The number of fused-ring (bicyclic) bond motifs is 1. The summed E-state index contributed by atoms with van der Waals surface area (Å²) in [6.07, 6.45) is 0. The number of hydrogen-bond donors (Lipinski definition) is 1. The average Bonchev–Trinajstić information content (AvgIpc) is 2.87. The highest BCUT2D eigenvalue weighted by Crippen LogP contribution is 2.24. The molecule has 3 rings (SSSR count). The topological polar surface area (TPSA) is 45.8 Å². The first-order valence-electron chi connectivity index (χ1n) is 5.58. The van der Waals surface area contributed by atoms with Crippen LogP contribution in [0.5, 0.6) is 0 Å². The van der Waals surface area contributed by atoms with Gasteiger partial charge in [0.2, 0.25) is 0 Å². The van der Waals surface area contributed by atoms with E-state index in [-0.39, 0.29) is 11.4 Å². The van der Waals surface area contributed by atoms with Crippen molar-refractivity contribution in [1.82, 2.24) is 9.97 Å². The zero-order chi connectivity index (χ0) is 13.2. The Hall–Kier alpha value is -1.66. The second-order valence-electron chi connectivity index (χ2n) is 3.87. The van der Waals surface area contributed by atoms with Gasteiger partial charge in [-0.2, -0.15) is 0 Å². The van der Waals surface area contributed by atoms with Crippen LogP contribution in [0.2, 0.25) is 0 Å². The first kappa shape index (κ1) is 12.4. The van der Waals surface area contributed by atoms with Crippen molar-refractivity contribution in [2.24, 2.45) is 0 Å². The van der Waals surface area contributed by atoms with Crippen molar-refractivity contribution in [3.8, 4) is 0 Å². The molecule has 3 nitrogen and oxygen atoms in total. The zero-order valence-electron chi connectivity index (χ0n) is 9.72. The van der Waals surface area contributed by atoms with Crippen LogP contribution in [0.1, 0.15) is 5.82 Å². The monoisotopic (exact) mass is 292 g/mol. The van der Waals surface area contributed by atoms with Gasteiger partial charge in [0.1, 0.15) is 16.3 Å². The van der Waals surface area contributed by atoms with Crippen molar-refractivity contribution < 1.29 is 4.39 Å². The van der Waals surface area contributed by atoms with Gasteiger partial charge in [0.05, 0.1) is 11.3 Å². The number of nitrogens with zero attached hydrogens (tertiary/aromatic N) is 1. The Morgan fingerprint density at radius 3 is 3.00 bits per heavy atom. The molecule has 0 aliphatic carbocycles. The molecule has 0 spiro atoms. The van der Waals surface area contributed by atoms with E-state index in [2.05, 4.69) is 9.97 Å². The van der Waals surface area contributed by atoms with E-state index in [9.17, 15) is 9.18 Å².